The zero-order chi connectivity index (χ0) is 21.7. The molecule has 2 heterocycles. The van der Waals surface area contributed by atoms with Crippen LogP contribution < -0.4 is 10.1 Å². The number of anilines is 1. The van der Waals surface area contributed by atoms with E-state index in [0.717, 1.165) is 16.3 Å². The van der Waals surface area contributed by atoms with Crippen molar-refractivity contribution in [1.29, 1.82) is 0 Å². The van der Waals surface area contributed by atoms with E-state index >= 15 is 0 Å². The third kappa shape index (κ3) is 5.25. The van der Waals surface area contributed by atoms with Crippen molar-refractivity contribution in [1.82, 2.24) is 25.0 Å². The van der Waals surface area contributed by atoms with Gasteiger partial charge in [0, 0.05) is 6.54 Å². The molecule has 0 bridgehead atoms. The topological polar surface area (TPSA) is 94.8 Å². The van der Waals surface area contributed by atoms with Crippen molar-refractivity contribution in [2.24, 2.45) is 0 Å². The van der Waals surface area contributed by atoms with Gasteiger partial charge in [-0.2, -0.15) is 0 Å². The summed E-state index contributed by atoms with van der Waals surface area (Å²) >= 11 is 2.64. The van der Waals surface area contributed by atoms with E-state index in [1.807, 2.05) is 37.5 Å². The number of hydrogen-bond acceptors (Lipinski definition) is 8. The van der Waals surface area contributed by atoms with Crippen molar-refractivity contribution in [3.8, 4) is 5.75 Å². The molecule has 1 N–H and O–H groups in total. The fourth-order valence-corrected chi connectivity index (χ4v) is 4.10. The van der Waals surface area contributed by atoms with Crippen LogP contribution in [0.15, 0.2) is 36.0 Å². The number of benzene rings is 1. The molecule has 1 amide bonds. The SMILES string of the molecule is C=CCn1c(SCC(=O)Nc2nnc(C)s2)nnc1C(C)Oc1cccc(C)c1C. The van der Waals surface area contributed by atoms with Gasteiger partial charge >= 0.3 is 0 Å². The number of carbonyl (C=O) groups excluding carboxylic acids is 1. The van der Waals surface area contributed by atoms with Crippen molar-refractivity contribution >= 4 is 34.1 Å². The van der Waals surface area contributed by atoms with Crippen LogP contribution >= 0.6 is 23.1 Å². The lowest BCUT2D eigenvalue weighted by Gasteiger charge is -2.17. The first-order chi connectivity index (χ1) is 14.4. The minimum absolute atomic E-state index is 0.175. The lowest BCUT2D eigenvalue weighted by molar-refractivity contribution is -0.113. The van der Waals surface area contributed by atoms with Gasteiger partial charge in [-0.1, -0.05) is 41.3 Å². The van der Waals surface area contributed by atoms with Gasteiger partial charge in [0.05, 0.1) is 5.75 Å². The summed E-state index contributed by atoms with van der Waals surface area (Å²) in [6.07, 6.45) is 1.46. The second-order valence-electron chi connectivity index (χ2n) is 6.66. The molecular formula is C20H24N6O2S2. The highest BCUT2D eigenvalue weighted by Gasteiger charge is 2.20. The van der Waals surface area contributed by atoms with Crippen LogP contribution in [-0.2, 0) is 11.3 Å². The highest BCUT2D eigenvalue weighted by Crippen LogP contribution is 2.28. The van der Waals surface area contributed by atoms with E-state index in [-0.39, 0.29) is 17.8 Å². The Hall–Kier alpha value is -2.72. The summed E-state index contributed by atoms with van der Waals surface area (Å²) in [6, 6.07) is 5.97. The maximum absolute atomic E-state index is 12.2. The minimum Gasteiger partial charge on any atom is -0.482 e. The zero-order valence-electron chi connectivity index (χ0n) is 17.4. The molecule has 10 heteroatoms. The van der Waals surface area contributed by atoms with Crippen LogP contribution in [0.25, 0.3) is 0 Å². The average molecular weight is 445 g/mol. The highest BCUT2D eigenvalue weighted by molar-refractivity contribution is 7.99. The zero-order valence-corrected chi connectivity index (χ0v) is 19.0. The molecule has 3 aromatic rings. The molecule has 0 radical (unpaired) electrons. The molecule has 0 spiro atoms. The van der Waals surface area contributed by atoms with Gasteiger partial charge < -0.3 is 4.74 Å². The van der Waals surface area contributed by atoms with Crippen molar-refractivity contribution in [2.45, 2.75) is 45.5 Å². The average Bonchev–Trinajstić information content (AvgIpc) is 3.30. The molecule has 158 valence electrons. The van der Waals surface area contributed by atoms with Crippen molar-refractivity contribution in [3.63, 3.8) is 0 Å². The number of nitrogens with one attached hydrogen (secondary N) is 1. The molecule has 30 heavy (non-hydrogen) atoms. The van der Waals surface area contributed by atoms with Crippen LogP contribution in [0.5, 0.6) is 5.75 Å². The number of rotatable bonds is 9. The first-order valence-electron chi connectivity index (χ1n) is 9.38. The largest absolute Gasteiger partial charge is 0.482 e. The van der Waals surface area contributed by atoms with Gasteiger partial charge in [-0.3, -0.25) is 14.7 Å². The van der Waals surface area contributed by atoms with Crippen LogP contribution in [0.3, 0.4) is 0 Å². The Balaban J connectivity index is 1.70. The van der Waals surface area contributed by atoms with Gasteiger partial charge in [-0.25, -0.2) is 0 Å². The number of ether oxygens (including phenoxy) is 1. The van der Waals surface area contributed by atoms with Crippen molar-refractivity contribution < 1.29 is 9.53 Å². The minimum atomic E-state index is -0.314. The molecule has 1 atom stereocenters. The maximum Gasteiger partial charge on any atom is 0.236 e. The number of nitrogens with zero attached hydrogens (tertiary/aromatic N) is 5. The summed E-state index contributed by atoms with van der Waals surface area (Å²) in [5.41, 5.74) is 2.26. The molecule has 0 aliphatic heterocycles. The lowest BCUT2D eigenvalue weighted by atomic mass is 10.1. The molecule has 2 aromatic heterocycles. The molecule has 3 rings (SSSR count). The second kappa shape index (κ2) is 9.86. The smallest absolute Gasteiger partial charge is 0.236 e. The first-order valence-corrected chi connectivity index (χ1v) is 11.2. The molecule has 0 fully saturated rings. The van der Waals surface area contributed by atoms with E-state index in [1.165, 1.54) is 28.7 Å². The summed E-state index contributed by atoms with van der Waals surface area (Å²) in [5.74, 6) is 1.50. The number of thioether (sulfide) groups is 1. The predicted octanol–water partition coefficient (Wildman–Crippen LogP) is 4.11. The van der Waals surface area contributed by atoms with E-state index in [9.17, 15) is 4.79 Å². The Morgan fingerprint density at radius 2 is 2.10 bits per heavy atom. The van der Waals surface area contributed by atoms with Crippen molar-refractivity contribution in [3.05, 3.63) is 52.8 Å². The van der Waals surface area contributed by atoms with Gasteiger partial charge in [0.2, 0.25) is 11.0 Å². The number of aryl methyl sites for hydroxylation is 2. The molecule has 0 aliphatic carbocycles. The second-order valence-corrected chi connectivity index (χ2v) is 8.79. The van der Waals surface area contributed by atoms with Gasteiger partial charge in [-0.05, 0) is 44.9 Å². The number of carbonyl (C=O) groups is 1. The Morgan fingerprint density at radius 3 is 2.80 bits per heavy atom. The van der Waals surface area contributed by atoms with Crippen LogP contribution in [0.4, 0.5) is 5.13 Å². The third-order valence-corrected chi connectivity index (χ3v) is 6.11. The van der Waals surface area contributed by atoms with Crippen LogP contribution in [0.2, 0.25) is 0 Å². The van der Waals surface area contributed by atoms with Crippen LogP contribution in [0.1, 0.15) is 35.0 Å². The molecule has 1 unspecified atom stereocenters. The third-order valence-electron chi connectivity index (χ3n) is 4.38. The molecule has 8 nitrogen and oxygen atoms in total. The van der Waals surface area contributed by atoms with Crippen LogP contribution in [-0.4, -0.2) is 36.6 Å². The van der Waals surface area contributed by atoms with E-state index < -0.39 is 0 Å². The molecule has 1 aromatic carbocycles. The van der Waals surface area contributed by atoms with Gasteiger partial charge in [0.15, 0.2) is 17.1 Å². The Kier molecular flexibility index (Phi) is 7.22. The fraction of sp³-hybridized carbons (Fsp3) is 0.350. The van der Waals surface area contributed by atoms with E-state index in [4.69, 9.17) is 4.74 Å². The number of amides is 1. The van der Waals surface area contributed by atoms with Gasteiger partial charge in [0.1, 0.15) is 10.8 Å². The Morgan fingerprint density at radius 1 is 1.30 bits per heavy atom. The van der Waals surface area contributed by atoms with Gasteiger partial charge in [-0.15, -0.1) is 27.0 Å². The van der Waals surface area contributed by atoms with Crippen molar-refractivity contribution in [2.75, 3.05) is 11.1 Å². The Bertz CT molecular complexity index is 1050. The molecule has 0 saturated carbocycles. The lowest BCUT2D eigenvalue weighted by Crippen LogP contribution is -2.15. The first kappa shape index (κ1) is 22.0. The summed E-state index contributed by atoms with van der Waals surface area (Å²) in [6.45, 7) is 12.2. The van der Waals surface area contributed by atoms with Crippen LogP contribution in [0, 0.1) is 20.8 Å². The quantitative estimate of drug-likeness (QED) is 0.392. The monoisotopic (exact) mass is 444 g/mol. The summed E-state index contributed by atoms with van der Waals surface area (Å²) in [5, 5.41) is 21.0. The van der Waals surface area contributed by atoms with Gasteiger partial charge in [0.25, 0.3) is 0 Å². The number of aromatic nitrogens is 5. The molecular weight excluding hydrogens is 420 g/mol. The molecule has 0 saturated heterocycles. The summed E-state index contributed by atoms with van der Waals surface area (Å²) in [7, 11) is 0. The Labute approximate surface area is 183 Å². The normalized spacial score (nSPS) is 11.9. The fourth-order valence-electron chi connectivity index (χ4n) is 2.74. The molecule has 0 aliphatic rings. The summed E-state index contributed by atoms with van der Waals surface area (Å²) < 4.78 is 8.07. The summed E-state index contributed by atoms with van der Waals surface area (Å²) in [4.78, 5) is 12.2. The van der Waals surface area contributed by atoms with E-state index in [0.29, 0.717) is 22.7 Å². The highest BCUT2D eigenvalue weighted by atomic mass is 32.2. The standard InChI is InChI=1S/C20H24N6O2S2/c1-6-10-26-18(14(4)28-16-9-7-8-12(2)13(16)3)23-25-20(26)29-11-17(27)21-19-24-22-15(5)30-19/h6-9,14H,1,10-11H2,2-5H3,(H,21,24,27). The number of allylic oxidation sites excluding steroid dienone is 1. The predicted molar refractivity (Wildman–Crippen MR) is 119 cm³/mol. The van der Waals surface area contributed by atoms with E-state index in [2.05, 4.69) is 45.3 Å². The number of hydrogen-bond donors (Lipinski definition) is 1. The van der Waals surface area contributed by atoms with E-state index in [1.54, 1.807) is 6.08 Å². The maximum atomic E-state index is 12.2.